The number of hydrazine groups is 1. The van der Waals surface area contributed by atoms with Crippen LogP contribution in [0, 0.1) is 5.92 Å². The molecule has 2 amide bonds. The molecule has 1 aliphatic carbocycles. The van der Waals surface area contributed by atoms with Crippen LogP contribution >= 0.6 is 11.6 Å². The van der Waals surface area contributed by atoms with Gasteiger partial charge in [0.15, 0.2) is 0 Å². The number of amides is 2. The number of aromatic amines is 1. The summed E-state index contributed by atoms with van der Waals surface area (Å²) < 4.78 is 0. The van der Waals surface area contributed by atoms with E-state index in [1.807, 2.05) is 6.07 Å². The highest BCUT2D eigenvalue weighted by atomic mass is 35.5. The monoisotopic (exact) mass is 333 g/mol. The van der Waals surface area contributed by atoms with Crippen LogP contribution in [0.25, 0.3) is 10.9 Å². The molecule has 1 heterocycles. The maximum absolute atomic E-state index is 12.4. The number of benzene rings is 1. The van der Waals surface area contributed by atoms with E-state index in [-0.39, 0.29) is 17.7 Å². The Morgan fingerprint density at radius 3 is 2.70 bits per heavy atom. The van der Waals surface area contributed by atoms with Crippen molar-refractivity contribution < 1.29 is 9.59 Å². The summed E-state index contributed by atoms with van der Waals surface area (Å²) in [6, 6.07) is 7.11. The van der Waals surface area contributed by atoms with Crippen LogP contribution in [0.4, 0.5) is 0 Å². The van der Waals surface area contributed by atoms with Crippen LogP contribution in [-0.2, 0) is 4.79 Å². The van der Waals surface area contributed by atoms with Gasteiger partial charge in [-0.15, -0.1) is 0 Å². The smallest absolute Gasteiger partial charge is 0.286 e. The van der Waals surface area contributed by atoms with Crippen LogP contribution in [0.5, 0.6) is 0 Å². The van der Waals surface area contributed by atoms with Crippen LogP contribution in [0.2, 0.25) is 5.02 Å². The number of H-pyrrole nitrogens is 1. The summed E-state index contributed by atoms with van der Waals surface area (Å²) in [5.41, 5.74) is 3.89. The van der Waals surface area contributed by atoms with Gasteiger partial charge in [0.25, 0.3) is 5.91 Å². The molecule has 1 aromatic heterocycles. The first-order valence-electron chi connectivity index (χ1n) is 7.91. The van der Waals surface area contributed by atoms with Crippen LogP contribution < -0.4 is 5.43 Å². The third kappa shape index (κ3) is 3.50. The van der Waals surface area contributed by atoms with E-state index in [2.05, 4.69) is 10.4 Å². The molecule has 6 heteroatoms. The van der Waals surface area contributed by atoms with Crippen molar-refractivity contribution in [2.24, 2.45) is 5.92 Å². The molecule has 0 unspecified atom stereocenters. The zero-order chi connectivity index (χ0) is 16.4. The van der Waals surface area contributed by atoms with E-state index < -0.39 is 0 Å². The van der Waals surface area contributed by atoms with Crippen LogP contribution in [0.1, 0.15) is 42.6 Å². The molecule has 0 radical (unpaired) electrons. The van der Waals surface area contributed by atoms with Gasteiger partial charge in [-0.05, 0) is 37.1 Å². The number of carbonyl (C=O) groups excluding carboxylic acids is 2. The summed E-state index contributed by atoms with van der Waals surface area (Å²) in [5, 5.41) is 2.80. The van der Waals surface area contributed by atoms with Gasteiger partial charge in [-0.25, -0.2) is 0 Å². The van der Waals surface area contributed by atoms with Crippen molar-refractivity contribution in [1.29, 1.82) is 0 Å². The molecule has 5 nitrogen and oxygen atoms in total. The molecule has 0 saturated heterocycles. The molecule has 0 aliphatic heterocycles. The molecule has 0 atom stereocenters. The minimum atomic E-state index is -0.330. The first kappa shape index (κ1) is 15.9. The van der Waals surface area contributed by atoms with Gasteiger partial charge in [-0.3, -0.25) is 20.0 Å². The average Bonchev–Trinajstić information content (AvgIpc) is 2.98. The lowest BCUT2D eigenvalue weighted by Gasteiger charge is -2.26. The van der Waals surface area contributed by atoms with Gasteiger partial charge in [0.05, 0.1) is 0 Å². The summed E-state index contributed by atoms with van der Waals surface area (Å²) in [5.74, 6) is -0.322. The fourth-order valence-electron chi connectivity index (χ4n) is 3.12. The number of hydrogen-bond donors (Lipinski definition) is 2. The maximum Gasteiger partial charge on any atom is 0.286 e. The Morgan fingerprint density at radius 1 is 1.22 bits per heavy atom. The molecule has 0 spiro atoms. The van der Waals surface area contributed by atoms with Gasteiger partial charge in [-0.2, -0.15) is 0 Å². The number of halogens is 1. The van der Waals surface area contributed by atoms with Gasteiger partial charge < -0.3 is 4.98 Å². The van der Waals surface area contributed by atoms with E-state index >= 15 is 0 Å². The highest BCUT2D eigenvalue weighted by Gasteiger charge is 2.25. The molecular formula is C17H20ClN3O2. The number of aromatic nitrogens is 1. The normalized spacial score (nSPS) is 15.6. The van der Waals surface area contributed by atoms with Crippen molar-refractivity contribution in [1.82, 2.24) is 15.4 Å². The van der Waals surface area contributed by atoms with E-state index in [9.17, 15) is 9.59 Å². The number of nitrogens with one attached hydrogen (secondary N) is 2. The third-order valence-electron chi connectivity index (χ3n) is 4.38. The molecule has 122 valence electrons. The number of hydrogen-bond acceptors (Lipinski definition) is 2. The summed E-state index contributed by atoms with van der Waals surface area (Å²) in [7, 11) is 1.61. The topological polar surface area (TPSA) is 65.2 Å². The second-order valence-corrected chi connectivity index (χ2v) is 6.52. The Morgan fingerprint density at radius 2 is 1.96 bits per heavy atom. The quantitative estimate of drug-likeness (QED) is 0.826. The van der Waals surface area contributed by atoms with Crippen LogP contribution in [0.15, 0.2) is 24.3 Å². The van der Waals surface area contributed by atoms with Crippen LogP contribution in [0.3, 0.4) is 0 Å². The number of fused-ring (bicyclic) bond motifs is 1. The molecule has 2 N–H and O–H groups in total. The van der Waals surface area contributed by atoms with E-state index in [0.717, 1.165) is 36.6 Å². The van der Waals surface area contributed by atoms with Gasteiger partial charge in [0, 0.05) is 28.9 Å². The first-order chi connectivity index (χ1) is 11.0. The molecule has 3 rings (SSSR count). The number of rotatable bonds is 2. The van der Waals surface area contributed by atoms with E-state index in [4.69, 9.17) is 11.6 Å². The predicted molar refractivity (Wildman–Crippen MR) is 90.1 cm³/mol. The fourth-order valence-corrected chi connectivity index (χ4v) is 3.30. The highest BCUT2D eigenvalue weighted by Crippen LogP contribution is 2.25. The van der Waals surface area contributed by atoms with Gasteiger partial charge in [0.1, 0.15) is 5.69 Å². The average molecular weight is 334 g/mol. The lowest BCUT2D eigenvalue weighted by atomic mass is 9.88. The third-order valence-corrected chi connectivity index (χ3v) is 4.62. The Balaban J connectivity index is 1.68. The first-order valence-corrected chi connectivity index (χ1v) is 8.29. The van der Waals surface area contributed by atoms with Gasteiger partial charge >= 0.3 is 0 Å². The minimum absolute atomic E-state index is 0.0165. The molecule has 1 aromatic carbocycles. The zero-order valence-electron chi connectivity index (χ0n) is 13.1. The second kappa shape index (κ2) is 6.62. The summed E-state index contributed by atoms with van der Waals surface area (Å²) in [6.45, 7) is 0. The standard InChI is InChI=1S/C17H20ClN3O2/c1-21(17(23)11-5-3-2-4-6-11)20-16(22)15-10-12-9-13(18)7-8-14(12)19-15/h7-11,19H,2-6H2,1H3,(H,20,22). The van der Waals surface area contributed by atoms with Crippen LogP contribution in [-0.4, -0.2) is 28.9 Å². The molecule has 1 aliphatic rings. The second-order valence-electron chi connectivity index (χ2n) is 6.09. The van der Waals surface area contributed by atoms with Crippen molar-refractivity contribution in [2.75, 3.05) is 7.05 Å². The SMILES string of the molecule is CN(NC(=O)c1cc2cc(Cl)ccc2[nH]1)C(=O)C1CCCCC1. The number of nitrogens with zero attached hydrogens (tertiary/aromatic N) is 1. The Hall–Kier alpha value is -2.01. The lowest BCUT2D eigenvalue weighted by molar-refractivity contribution is -0.137. The van der Waals surface area contributed by atoms with Crippen molar-refractivity contribution in [3.63, 3.8) is 0 Å². The fraction of sp³-hybridized carbons (Fsp3) is 0.412. The molecule has 23 heavy (non-hydrogen) atoms. The summed E-state index contributed by atoms with van der Waals surface area (Å²) >= 11 is 5.95. The summed E-state index contributed by atoms with van der Waals surface area (Å²) in [4.78, 5) is 27.7. The minimum Gasteiger partial charge on any atom is -0.350 e. The Labute approximate surface area is 140 Å². The molecule has 2 aromatic rings. The molecule has 1 saturated carbocycles. The highest BCUT2D eigenvalue weighted by molar-refractivity contribution is 6.31. The van der Waals surface area contributed by atoms with E-state index in [0.29, 0.717) is 10.7 Å². The Bertz CT molecular complexity index is 735. The maximum atomic E-state index is 12.4. The number of carbonyl (C=O) groups is 2. The van der Waals surface area contributed by atoms with Crippen molar-refractivity contribution in [3.8, 4) is 0 Å². The lowest BCUT2D eigenvalue weighted by Crippen LogP contribution is -2.46. The largest absolute Gasteiger partial charge is 0.350 e. The Kier molecular flexibility index (Phi) is 4.57. The van der Waals surface area contributed by atoms with Gasteiger partial charge in [0.2, 0.25) is 5.91 Å². The van der Waals surface area contributed by atoms with Crippen molar-refractivity contribution in [3.05, 3.63) is 35.0 Å². The van der Waals surface area contributed by atoms with E-state index in [1.54, 1.807) is 25.2 Å². The van der Waals surface area contributed by atoms with Gasteiger partial charge in [-0.1, -0.05) is 30.9 Å². The zero-order valence-corrected chi connectivity index (χ0v) is 13.8. The summed E-state index contributed by atoms with van der Waals surface area (Å²) in [6.07, 6.45) is 5.17. The molecule has 0 bridgehead atoms. The van der Waals surface area contributed by atoms with Crippen molar-refractivity contribution >= 4 is 34.3 Å². The van der Waals surface area contributed by atoms with Crippen molar-refractivity contribution in [2.45, 2.75) is 32.1 Å². The predicted octanol–water partition coefficient (Wildman–Crippen LogP) is 3.50. The van der Waals surface area contributed by atoms with E-state index in [1.165, 1.54) is 11.4 Å². The molecular weight excluding hydrogens is 314 g/mol. The molecule has 1 fully saturated rings.